The highest BCUT2D eigenvalue weighted by atomic mass is 35.5. The second-order valence-corrected chi connectivity index (χ2v) is 4.81. The van der Waals surface area contributed by atoms with E-state index in [0.717, 1.165) is 11.1 Å². The number of aromatic nitrogens is 1. The van der Waals surface area contributed by atoms with E-state index in [1.807, 2.05) is 26.8 Å². The minimum absolute atomic E-state index is 0.0484. The Bertz CT molecular complexity index is 473. The molecule has 1 heterocycles. The molecular weight excluding hydrogens is 236 g/mol. The molecular formula is C13H17ClN2O. The van der Waals surface area contributed by atoms with Crippen molar-refractivity contribution in [2.45, 2.75) is 26.3 Å². The molecule has 0 aromatic carbocycles. The summed E-state index contributed by atoms with van der Waals surface area (Å²) in [6, 6.07) is 1.68. The summed E-state index contributed by atoms with van der Waals surface area (Å²) in [6.07, 6.45) is 3.40. The molecule has 0 aliphatic carbocycles. The fourth-order valence-electron chi connectivity index (χ4n) is 1.76. The van der Waals surface area contributed by atoms with E-state index in [1.54, 1.807) is 6.07 Å². The second kappa shape index (κ2) is 4.90. The smallest absolute Gasteiger partial charge is 0.129 e. The molecule has 17 heavy (non-hydrogen) atoms. The van der Waals surface area contributed by atoms with Crippen molar-refractivity contribution in [2.24, 2.45) is 5.73 Å². The molecule has 0 aliphatic heterocycles. The summed E-state index contributed by atoms with van der Waals surface area (Å²) >= 11 is 5.88. The van der Waals surface area contributed by atoms with E-state index in [2.05, 4.69) is 11.6 Å². The Balaban J connectivity index is 3.48. The summed E-state index contributed by atoms with van der Waals surface area (Å²) in [5, 5.41) is 9.92. The van der Waals surface area contributed by atoms with Crippen molar-refractivity contribution in [1.82, 2.24) is 4.98 Å². The summed E-state index contributed by atoms with van der Waals surface area (Å²) in [5.41, 5.74) is 7.74. The summed E-state index contributed by atoms with van der Waals surface area (Å²) < 4.78 is 0. The molecule has 0 aliphatic rings. The Morgan fingerprint density at radius 3 is 2.53 bits per heavy atom. The average Bonchev–Trinajstić information content (AvgIpc) is 2.15. The lowest BCUT2D eigenvalue weighted by Crippen LogP contribution is -2.33. The van der Waals surface area contributed by atoms with Crippen LogP contribution in [0.2, 0.25) is 5.15 Å². The summed E-state index contributed by atoms with van der Waals surface area (Å²) in [4.78, 5) is 3.94. The third-order valence-electron chi connectivity index (χ3n) is 2.45. The monoisotopic (exact) mass is 252 g/mol. The van der Waals surface area contributed by atoms with Crippen LogP contribution in [0.5, 0.6) is 0 Å². The molecule has 0 saturated heterocycles. The quantitative estimate of drug-likeness (QED) is 0.640. The minimum atomic E-state index is -0.538. The number of nitrogens with zero attached hydrogens (tertiary/aromatic N) is 1. The van der Waals surface area contributed by atoms with Gasteiger partial charge in [-0.2, -0.15) is 0 Å². The Kier molecular flexibility index (Phi) is 3.96. The molecule has 1 rings (SSSR count). The molecule has 0 saturated carbocycles. The molecule has 3 N–H and O–H groups in total. The van der Waals surface area contributed by atoms with Crippen LogP contribution in [0, 0.1) is 0 Å². The maximum atomic E-state index is 9.56. The van der Waals surface area contributed by atoms with Crippen LogP contribution in [-0.2, 0) is 0 Å². The van der Waals surface area contributed by atoms with Crippen molar-refractivity contribution >= 4 is 22.9 Å². The Labute approximate surface area is 107 Å². The maximum absolute atomic E-state index is 9.56. The van der Waals surface area contributed by atoms with Gasteiger partial charge in [0.1, 0.15) is 10.9 Å². The SMILES string of the molecule is C=C(O)c1cnc(Cl)cc1/C(=C\C)C(C)(C)N. The molecule has 0 fully saturated rings. The van der Waals surface area contributed by atoms with Crippen LogP contribution in [0.4, 0.5) is 0 Å². The lowest BCUT2D eigenvalue weighted by atomic mass is 9.87. The molecule has 1 aromatic rings. The van der Waals surface area contributed by atoms with Crippen LogP contribution >= 0.6 is 11.6 Å². The number of halogens is 1. The Morgan fingerprint density at radius 1 is 1.53 bits per heavy atom. The number of aliphatic hydroxyl groups is 1. The second-order valence-electron chi connectivity index (χ2n) is 4.42. The van der Waals surface area contributed by atoms with Crippen molar-refractivity contribution in [2.75, 3.05) is 0 Å². The van der Waals surface area contributed by atoms with Crippen molar-refractivity contribution in [3.63, 3.8) is 0 Å². The molecule has 92 valence electrons. The van der Waals surface area contributed by atoms with Crippen molar-refractivity contribution < 1.29 is 5.11 Å². The van der Waals surface area contributed by atoms with Gasteiger partial charge in [-0.3, -0.25) is 0 Å². The van der Waals surface area contributed by atoms with Gasteiger partial charge in [0.15, 0.2) is 0 Å². The molecule has 3 nitrogen and oxygen atoms in total. The summed E-state index contributed by atoms with van der Waals surface area (Å²) in [5.74, 6) is -0.0484. The fraction of sp³-hybridized carbons (Fsp3) is 0.308. The number of hydrogen-bond acceptors (Lipinski definition) is 3. The Hall–Kier alpha value is -1.32. The highest BCUT2D eigenvalue weighted by Crippen LogP contribution is 2.31. The number of aliphatic hydroxyl groups excluding tert-OH is 1. The molecule has 0 radical (unpaired) electrons. The average molecular weight is 253 g/mol. The number of hydrogen-bond donors (Lipinski definition) is 2. The first-order valence-electron chi connectivity index (χ1n) is 5.27. The van der Waals surface area contributed by atoms with Gasteiger partial charge in [0, 0.05) is 17.3 Å². The molecule has 1 aromatic heterocycles. The van der Waals surface area contributed by atoms with Gasteiger partial charge in [0.2, 0.25) is 0 Å². The zero-order valence-corrected chi connectivity index (χ0v) is 11.0. The van der Waals surface area contributed by atoms with Crippen LogP contribution in [0.3, 0.4) is 0 Å². The highest BCUT2D eigenvalue weighted by molar-refractivity contribution is 6.29. The van der Waals surface area contributed by atoms with Gasteiger partial charge in [0.25, 0.3) is 0 Å². The van der Waals surface area contributed by atoms with Crippen LogP contribution in [0.15, 0.2) is 24.9 Å². The fourth-order valence-corrected chi connectivity index (χ4v) is 1.92. The van der Waals surface area contributed by atoms with Crippen molar-refractivity contribution in [3.05, 3.63) is 41.2 Å². The molecule has 0 bridgehead atoms. The maximum Gasteiger partial charge on any atom is 0.129 e. The van der Waals surface area contributed by atoms with Crippen molar-refractivity contribution in [1.29, 1.82) is 0 Å². The van der Waals surface area contributed by atoms with E-state index in [-0.39, 0.29) is 5.76 Å². The van der Waals surface area contributed by atoms with Gasteiger partial charge >= 0.3 is 0 Å². The van der Waals surface area contributed by atoms with E-state index in [9.17, 15) is 5.11 Å². The lowest BCUT2D eigenvalue weighted by molar-refractivity contribution is 0.513. The van der Waals surface area contributed by atoms with Crippen molar-refractivity contribution in [3.8, 4) is 0 Å². The number of pyridine rings is 1. The van der Waals surface area contributed by atoms with Gasteiger partial charge < -0.3 is 10.8 Å². The van der Waals surface area contributed by atoms with E-state index in [4.69, 9.17) is 17.3 Å². The standard InChI is InChI=1S/C13H17ClN2O/c1-5-11(13(3,4)15)9-6-12(14)16-7-10(9)8(2)17/h5-7,17H,2,15H2,1,3-4H3/b11-5+. The van der Waals surface area contributed by atoms with Crippen LogP contribution in [-0.4, -0.2) is 15.6 Å². The number of rotatable bonds is 3. The van der Waals surface area contributed by atoms with Gasteiger partial charge in [-0.25, -0.2) is 4.98 Å². The summed E-state index contributed by atoms with van der Waals surface area (Å²) in [7, 11) is 0. The van der Waals surface area contributed by atoms with Gasteiger partial charge in [-0.05, 0) is 38.0 Å². The van der Waals surface area contributed by atoms with Crippen LogP contribution in [0.1, 0.15) is 31.9 Å². The molecule has 0 unspecified atom stereocenters. The summed E-state index contributed by atoms with van der Waals surface area (Å²) in [6.45, 7) is 9.19. The van der Waals surface area contributed by atoms with E-state index < -0.39 is 5.54 Å². The minimum Gasteiger partial charge on any atom is -0.508 e. The Morgan fingerprint density at radius 2 is 2.12 bits per heavy atom. The highest BCUT2D eigenvalue weighted by Gasteiger charge is 2.22. The predicted molar refractivity (Wildman–Crippen MR) is 72.8 cm³/mol. The molecule has 0 atom stereocenters. The normalized spacial score (nSPS) is 12.6. The van der Waals surface area contributed by atoms with E-state index in [0.29, 0.717) is 10.7 Å². The third kappa shape index (κ3) is 3.08. The first kappa shape index (κ1) is 13.7. The topological polar surface area (TPSA) is 59.1 Å². The van der Waals surface area contributed by atoms with Crippen LogP contribution < -0.4 is 5.73 Å². The number of allylic oxidation sites excluding steroid dienone is 1. The number of nitrogens with two attached hydrogens (primary N) is 1. The van der Waals surface area contributed by atoms with E-state index >= 15 is 0 Å². The van der Waals surface area contributed by atoms with E-state index in [1.165, 1.54) is 6.20 Å². The van der Waals surface area contributed by atoms with Crippen LogP contribution in [0.25, 0.3) is 11.3 Å². The first-order valence-corrected chi connectivity index (χ1v) is 5.65. The predicted octanol–water partition coefficient (Wildman–Crippen LogP) is 3.40. The van der Waals surface area contributed by atoms with Gasteiger partial charge in [0.05, 0.1) is 0 Å². The lowest BCUT2D eigenvalue weighted by Gasteiger charge is -2.25. The zero-order valence-electron chi connectivity index (χ0n) is 10.3. The largest absolute Gasteiger partial charge is 0.508 e. The van der Waals surface area contributed by atoms with Gasteiger partial charge in [-0.1, -0.05) is 24.3 Å². The third-order valence-corrected chi connectivity index (χ3v) is 2.66. The molecule has 0 spiro atoms. The zero-order chi connectivity index (χ0) is 13.2. The first-order chi connectivity index (χ1) is 7.77. The molecule has 4 heteroatoms. The van der Waals surface area contributed by atoms with Gasteiger partial charge in [-0.15, -0.1) is 0 Å². The molecule has 0 amide bonds.